The Balaban J connectivity index is 1.98. The van der Waals surface area contributed by atoms with E-state index in [0.29, 0.717) is 15.0 Å². The van der Waals surface area contributed by atoms with Crippen molar-refractivity contribution in [3.8, 4) is 0 Å². The monoisotopic (exact) mass is 353 g/mol. The molecule has 2 nitrogen and oxygen atoms in total. The van der Waals surface area contributed by atoms with Gasteiger partial charge in [-0.1, -0.05) is 0 Å². The van der Waals surface area contributed by atoms with E-state index in [2.05, 4.69) is 36.2 Å². The molecule has 0 aliphatic rings. The molecule has 2 unspecified atom stereocenters. The Morgan fingerprint density at radius 2 is 2.05 bits per heavy atom. The second-order valence-corrected chi connectivity index (χ2v) is 7.66. The molecule has 2 atom stereocenters. The van der Waals surface area contributed by atoms with Gasteiger partial charge in [-0.15, -0.1) is 0 Å². The van der Waals surface area contributed by atoms with E-state index in [4.69, 9.17) is 0 Å². The number of hydrogen-bond acceptors (Lipinski definition) is 3. The van der Waals surface area contributed by atoms with Crippen molar-refractivity contribution in [2.75, 3.05) is 6.54 Å². The van der Waals surface area contributed by atoms with Crippen LogP contribution >= 0.6 is 11.3 Å². The molecule has 2 aromatic rings. The SMILES string of the molecule is C=CCNC(C[Se]c1ccccc1)C(O)c1cccs1. The van der Waals surface area contributed by atoms with E-state index in [0.717, 1.165) is 16.7 Å². The Morgan fingerprint density at radius 3 is 2.70 bits per heavy atom. The van der Waals surface area contributed by atoms with Crippen molar-refractivity contribution in [2.45, 2.75) is 17.5 Å². The van der Waals surface area contributed by atoms with Crippen LogP contribution in [0.4, 0.5) is 0 Å². The third-order valence-electron chi connectivity index (χ3n) is 2.91. The van der Waals surface area contributed by atoms with Crippen LogP contribution in [0.5, 0.6) is 0 Å². The molecular weight excluding hydrogens is 333 g/mol. The molecule has 0 aliphatic carbocycles. The summed E-state index contributed by atoms with van der Waals surface area (Å²) in [5.41, 5.74) is 0. The van der Waals surface area contributed by atoms with E-state index in [1.807, 2.05) is 29.7 Å². The van der Waals surface area contributed by atoms with Gasteiger partial charge in [0.15, 0.2) is 0 Å². The molecule has 0 aliphatic heterocycles. The van der Waals surface area contributed by atoms with E-state index in [1.165, 1.54) is 4.46 Å². The topological polar surface area (TPSA) is 32.3 Å². The predicted molar refractivity (Wildman–Crippen MR) is 87.9 cm³/mol. The van der Waals surface area contributed by atoms with Gasteiger partial charge in [0, 0.05) is 0 Å². The molecule has 0 radical (unpaired) electrons. The summed E-state index contributed by atoms with van der Waals surface area (Å²) in [5.74, 6) is 0. The van der Waals surface area contributed by atoms with Gasteiger partial charge in [0.05, 0.1) is 0 Å². The molecule has 0 saturated carbocycles. The second-order valence-electron chi connectivity index (χ2n) is 4.39. The Hall–Kier alpha value is -0.901. The van der Waals surface area contributed by atoms with Gasteiger partial charge in [-0.3, -0.25) is 0 Å². The number of aliphatic hydroxyl groups excluding tert-OH is 1. The van der Waals surface area contributed by atoms with E-state index in [-0.39, 0.29) is 6.04 Å². The molecule has 2 rings (SSSR count). The number of hydrogen-bond donors (Lipinski definition) is 2. The van der Waals surface area contributed by atoms with Crippen LogP contribution in [0.3, 0.4) is 0 Å². The summed E-state index contributed by atoms with van der Waals surface area (Å²) >= 11 is 1.97. The van der Waals surface area contributed by atoms with Gasteiger partial charge >= 0.3 is 131 Å². The van der Waals surface area contributed by atoms with Crippen LogP contribution < -0.4 is 9.78 Å². The van der Waals surface area contributed by atoms with Gasteiger partial charge < -0.3 is 0 Å². The van der Waals surface area contributed by atoms with Crippen molar-refractivity contribution < 1.29 is 5.11 Å². The first-order valence-electron chi connectivity index (χ1n) is 6.55. The summed E-state index contributed by atoms with van der Waals surface area (Å²) in [6.07, 6.45) is 1.39. The van der Waals surface area contributed by atoms with Crippen molar-refractivity contribution in [1.82, 2.24) is 5.32 Å². The number of rotatable bonds is 8. The van der Waals surface area contributed by atoms with Crippen LogP contribution in [-0.2, 0) is 0 Å². The van der Waals surface area contributed by atoms with Crippen LogP contribution in [0.2, 0.25) is 5.32 Å². The van der Waals surface area contributed by atoms with Crippen LogP contribution in [0.1, 0.15) is 11.0 Å². The molecule has 2 N–H and O–H groups in total. The Morgan fingerprint density at radius 1 is 1.25 bits per heavy atom. The molecule has 0 spiro atoms. The van der Waals surface area contributed by atoms with Crippen LogP contribution in [0.25, 0.3) is 0 Å². The zero-order valence-electron chi connectivity index (χ0n) is 11.2. The van der Waals surface area contributed by atoms with Gasteiger partial charge in [0.1, 0.15) is 0 Å². The molecule has 0 amide bonds. The summed E-state index contributed by atoms with van der Waals surface area (Å²) in [5, 5.41) is 16.8. The zero-order chi connectivity index (χ0) is 14.2. The molecule has 0 bridgehead atoms. The van der Waals surface area contributed by atoms with E-state index >= 15 is 0 Å². The van der Waals surface area contributed by atoms with Gasteiger partial charge in [-0.05, 0) is 0 Å². The first-order valence-corrected chi connectivity index (χ1v) is 9.49. The maximum atomic E-state index is 10.5. The summed E-state index contributed by atoms with van der Waals surface area (Å²) < 4.78 is 1.36. The van der Waals surface area contributed by atoms with E-state index in [1.54, 1.807) is 11.3 Å². The minimum atomic E-state index is -0.444. The third-order valence-corrected chi connectivity index (χ3v) is 6.23. The molecular formula is C16H19NOSSe. The maximum absolute atomic E-state index is 10.5. The fourth-order valence-electron chi connectivity index (χ4n) is 1.86. The molecule has 20 heavy (non-hydrogen) atoms. The third kappa shape index (κ3) is 4.58. The average Bonchev–Trinajstić information content (AvgIpc) is 3.02. The van der Waals surface area contributed by atoms with Crippen molar-refractivity contribution in [3.05, 3.63) is 65.4 Å². The van der Waals surface area contributed by atoms with Crippen molar-refractivity contribution in [2.24, 2.45) is 0 Å². The Kier molecular flexibility index (Phi) is 6.51. The van der Waals surface area contributed by atoms with Crippen molar-refractivity contribution in [1.29, 1.82) is 0 Å². The molecule has 1 heterocycles. The summed E-state index contributed by atoms with van der Waals surface area (Å²) in [6.45, 7) is 4.46. The number of aliphatic hydroxyl groups is 1. The van der Waals surface area contributed by atoms with Crippen molar-refractivity contribution >= 4 is 30.8 Å². The molecule has 1 aromatic carbocycles. The van der Waals surface area contributed by atoms with Crippen LogP contribution in [0.15, 0.2) is 60.5 Å². The molecule has 1 aromatic heterocycles. The Labute approximate surface area is 130 Å². The number of thiophene rings is 1. The fourth-order valence-corrected chi connectivity index (χ4v) is 4.78. The standard InChI is InChI=1S/C16H19NOSSe/c1-2-10-17-14(16(18)15-9-6-11-19-15)12-20-13-7-4-3-5-8-13/h2-9,11,14,16-18H,1,10,12H2. The van der Waals surface area contributed by atoms with Gasteiger partial charge in [0.25, 0.3) is 0 Å². The Bertz CT molecular complexity index is 500. The van der Waals surface area contributed by atoms with Crippen molar-refractivity contribution in [3.63, 3.8) is 0 Å². The second kappa shape index (κ2) is 8.40. The predicted octanol–water partition coefficient (Wildman–Crippen LogP) is 2.37. The van der Waals surface area contributed by atoms with Crippen LogP contribution in [-0.4, -0.2) is 32.6 Å². The summed E-state index contributed by atoms with van der Waals surface area (Å²) in [6, 6.07) is 14.5. The minimum absolute atomic E-state index is 0.0758. The van der Waals surface area contributed by atoms with Gasteiger partial charge in [-0.2, -0.15) is 0 Å². The van der Waals surface area contributed by atoms with E-state index < -0.39 is 6.10 Å². The quantitative estimate of drug-likeness (QED) is 0.565. The van der Waals surface area contributed by atoms with Gasteiger partial charge in [-0.25, -0.2) is 0 Å². The first kappa shape index (κ1) is 15.5. The zero-order valence-corrected chi connectivity index (χ0v) is 13.8. The fraction of sp³-hybridized carbons (Fsp3) is 0.250. The van der Waals surface area contributed by atoms with Crippen LogP contribution in [0, 0.1) is 0 Å². The molecule has 0 saturated heterocycles. The molecule has 0 fully saturated rings. The van der Waals surface area contributed by atoms with Gasteiger partial charge in [0.2, 0.25) is 0 Å². The first-order chi connectivity index (χ1) is 9.81. The summed E-state index contributed by atoms with van der Waals surface area (Å²) in [7, 11) is 0. The summed E-state index contributed by atoms with van der Waals surface area (Å²) in [4.78, 5) is 1.02. The molecule has 4 heteroatoms. The average molecular weight is 352 g/mol. The van der Waals surface area contributed by atoms with E-state index in [9.17, 15) is 5.11 Å². The number of benzene rings is 1. The molecule has 106 valence electrons. The number of nitrogens with one attached hydrogen (secondary N) is 1. The normalized spacial score (nSPS) is 13.8.